The monoisotopic (exact) mass is 247 g/mol. The van der Waals surface area contributed by atoms with Crippen LogP contribution in [0, 0.1) is 17.1 Å². The largest absolute Gasteiger partial charge is 0.454 e. The molecule has 2 aromatic carbocycles. The fourth-order valence-corrected chi connectivity index (χ4v) is 1.50. The van der Waals surface area contributed by atoms with E-state index in [0.29, 0.717) is 10.8 Å². The molecule has 2 nitrogen and oxygen atoms in total. The Morgan fingerprint density at radius 2 is 1.88 bits per heavy atom. The SMILES string of the molecule is N#Cc1cc(F)ccc1Oc1ccccc1Cl. The molecule has 0 amide bonds. The molecule has 0 spiro atoms. The van der Waals surface area contributed by atoms with Gasteiger partial charge in [-0.2, -0.15) is 5.26 Å². The molecule has 2 rings (SSSR count). The molecule has 0 saturated carbocycles. The van der Waals surface area contributed by atoms with Gasteiger partial charge in [-0.25, -0.2) is 4.39 Å². The van der Waals surface area contributed by atoms with Gasteiger partial charge in [0.15, 0.2) is 0 Å². The fourth-order valence-electron chi connectivity index (χ4n) is 1.32. The first-order chi connectivity index (χ1) is 8.20. The summed E-state index contributed by atoms with van der Waals surface area (Å²) in [5.74, 6) is 0.229. The number of hydrogen-bond acceptors (Lipinski definition) is 2. The topological polar surface area (TPSA) is 33.0 Å². The summed E-state index contributed by atoms with van der Waals surface area (Å²) in [5, 5.41) is 9.29. The van der Waals surface area contributed by atoms with E-state index in [9.17, 15) is 4.39 Å². The van der Waals surface area contributed by atoms with Crippen molar-refractivity contribution >= 4 is 11.6 Å². The van der Waals surface area contributed by atoms with E-state index in [2.05, 4.69) is 0 Å². The van der Waals surface area contributed by atoms with Crippen LogP contribution in [-0.4, -0.2) is 0 Å². The molecule has 0 bridgehead atoms. The fraction of sp³-hybridized carbons (Fsp3) is 0. The molecule has 0 unspecified atom stereocenters. The number of hydrogen-bond donors (Lipinski definition) is 0. The maximum atomic E-state index is 12.9. The smallest absolute Gasteiger partial charge is 0.146 e. The van der Waals surface area contributed by atoms with Crippen molar-refractivity contribution in [2.24, 2.45) is 0 Å². The van der Waals surface area contributed by atoms with Crippen LogP contribution in [0.25, 0.3) is 0 Å². The molecule has 17 heavy (non-hydrogen) atoms. The maximum Gasteiger partial charge on any atom is 0.146 e. The summed E-state index contributed by atoms with van der Waals surface area (Å²) >= 11 is 5.92. The summed E-state index contributed by atoms with van der Waals surface area (Å²) < 4.78 is 18.4. The molecule has 0 radical (unpaired) electrons. The second-order valence-electron chi connectivity index (χ2n) is 3.28. The van der Waals surface area contributed by atoms with Gasteiger partial charge in [0.2, 0.25) is 0 Å². The third-order valence-corrected chi connectivity index (χ3v) is 2.43. The van der Waals surface area contributed by atoms with Gasteiger partial charge >= 0.3 is 0 Å². The van der Waals surface area contributed by atoms with Gasteiger partial charge in [0, 0.05) is 0 Å². The average molecular weight is 248 g/mol. The quantitative estimate of drug-likeness (QED) is 0.799. The number of nitriles is 1. The Hall–Kier alpha value is -2.05. The molecule has 0 heterocycles. The van der Waals surface area contributed by atoms with Gasteiger partial charge in [-0.15, -0.1) is 0 Å². The number of halogens is 2. The molecule has 0 aromatic heterocycles. The van der Waals surface area contributed by atoms with Crippen LogP contribution in [0.2, 0.25) is 5.02 Å². The van der Waals surface area contributed by atoms with Gasteiger partial charge in [-0.3, -0.25) is 0 Å². The van der Waals surface area contributed by atoms with Crippen LogP contribution in [0.15, 0.2) is 42.5 Å². The van der Waals surface area contributed by atoms with Crippen molar-refractivity contribution in [1.29, 1.82) is 5.26 Å². The van der Waals surface area contributed by atoms with Crippen LogP contribution >= 0.6 is 11.6 Å². The summed E-state index contributed by atoms with van der Waals surface area (Å²) in [6.07, 6.45) is 0. The molecule has 84 valence electrons. The van der Waals surface area contributed by atoms with Crippen molar-refractivity contribution in [2.75, 3.05) is 0 Å². The Kier molecular flexibility index (Phi) is 3.27. The molecule has 0 saturated heterocycles. The van der Waals surface area contributed by atoms with E-state index in [-0.39, 0.29) is 11.3 Å². The number of ether oxygens (including phenoxy) is 1. The summed E-state index contributed by atoms with van der Waals surface area (Å²) in [6, 6.07) is 12.5. The second-order valence-corrected chi connectivity index (χ2v) is 3.69. The van der Waals surface area contributed by atoms with Crippen molar-refractivity contribution < 1.29 is 9.13 Å². The minimum Gasteiger partial charge on any atom is -0.454 e. The molecule has 0 N–H and O–H groups in total. The molecule has 0 fully saturated rings. The van der Waals surface area contributed by atoms with Crippen molar-refractivity contribution in [2.45, 2.75) is 0 Å². The van der Waals surface area contributed by atoms with Crippen molar-refractivity contribution in [1.82, 2.24) is 0 Å². The zero-order chi connectivity index (χ0) is 12.3. The normalized spacial score (nSPS) is 9.71. The second kappa shape index (κ2) is 4.86. The lowest BCUT2D eigenvalue weighted by Gasteiger charge is -2.08. The Labute approximate surface area is 103 Å². The molecule has 0 aliphatic heterocycles. The molecular weight excluding hydrogens is 241 g/mol. The zero-order valence-electron chi connectivity index (χ0n) is 8.65. The number of nitrogens with zero attached hydrogens (tertiary/aromatic N) is 1. The number of benzene rings is 2. The van der Waals surface area contributed by atoms with Gasteiger partial charge < -0.3 is 4.74 Å². The molecule has 0 aliphatic carbocycles. The van der Waals surface area contributed by atoms with E-state index >= 15 is 0 Å². The number of rotatable bonds is 2. The van der Waals surface area contributed by atoms with Gasteiger partial charge in [0.05, 0.1) is 10.6 Å². The Morgan fingerprint density at radius 3 is 2.59 bits per heavy atom. The summed E-state index contributed by atoms with van der Waals surface area (Å²) in [4.78, 5) is 0. The van der Waals surface area contributed by atoms with Crippen LogP contribution in [0.5, 0.6) is 11.5 Å². The Bertz CT molecular complexity index is 592. The highest BCUT2D eigenvalue weighted by atomic mass is 35.5. The van der Waals surface area contributed by atoms with E-state index in [1.165, 1.54) is 12.1 Å². The molecule has 2 aromatic rings. The summed E-state index contributed by atoms with van der Waals surface area (Å²) in [6.45, 7) is 0. The number of para-hydroxylation sites is 1. The molecular formula is C13H7ClFNO. The highest BCUT2D eigenvalue weighted by Crippen LogP contribution is 2.30. The average Bonchev–Trinajstić information content (AvgIpc) is 2.34. The first kappa shape index (κ1) is 11.4. The van der Waals surface area contributed by atoms with Crippen LogP contribution in [0.4, 0.5) is 4.39 Å². The predicted molar refractivity (Wildman–Crippen MR) is 62.6 cm³/mol. The van der Waals surface area contributed by atoms with Gasteiger partial charge in [0.1, 0.15) is 23.4 Å². The predicted octanol–water partition coefficient (Wildman–Crippen LogP) is 4.14. The Balaban J connectivity index is 2.37. The highest BCUT2D eigenvalue weighted by Gasteiger charge is 2.07. The standard InChI is InChI=1S/C13H7ClFNO/c14-11-3-1-2-4-13(11)17-12-6-5-10(15)7-9(12)8-16/h1-7H. The van der Waals surface area contributed by atoms with Crippen LogP contribution in [-0.2, 0) is 0 Å². The van der Waals surface area contributed by atoms with Gasteiger partial charge in [-0.1, -0.05) is 23.7 Å². The van der Waals surface area contributed by atoms with Gasteiger partial charge in [0.25, 0.3) is 0 Å². The summed E-state index contributed by atoms with van der Waals surface area (Å²) in [7, 11) is 0. The lowest BCUT2D eigenvalue weighted by molar-refractivity contribution is 0.479. The molecule has 0 aliphatic rings. The van der Waals surface area contributed by atoms with E-state index < -0.39 is 5.82 Å². The zero-order valence-corrected chi connectivity index (χ0v) is 9.41. The van der Waals surface area contributed by atoms with Gasteiger partial charge in [-0.05, 0) is 30.3 Å². The van der Waals surface area contributed by atoms with E-state index in [0.717, 1.165) is 6.07 Å². The van der Waals surface area contributed by atoms with Crippen molar-refractivity contribution in [3.63, 3.8) is 0 Å². The van der Waals surface area contributed by atoms with E-state index in [1.54, 1.807) is 24.3 Å². The lowest BCUT2D eigenvalue weighted by Crippen LogP contribution is -1.90. The lowest BCUT2D eigenvalue weighted by atomic mass is 10.2. The van der Waals surface area contributed by atoms with Crippen LogP contribution < -0.4 is 4.74 Å². The third kappa shape index (κ3) is 2.55. The van der Waals surface area contributed by atoms with E-state index in [1.807, 2.05) is 6.07 Å². The van der Waals surface area contributed by atoms with Crippen molar-refractivity contribution in [3.05, 3.63) is 58.9 Å². The molecule has 4 heteroatoms. The van der Waals surface area contributed by atoms with Crippen molar-refractivity contribution in [3.8, 4) is 17.6 Å². The van der Waals surface area contributed by atoms with E-state index in [4.69, 9.17) is 21.6 Å². The maximum absolute atomic E-state index is 12.9. The highest BCUT2D eigenvalue weighted by molar-refractivity contribution is 6.32. The first-order valence-corrected chi connectivity index (χ1v) is 5.20. The first-order valence-electron chi connectivity index (χ1n) is 4.83. The minimum absolute atomic E-state index is 0.130. The third-order valence-electron chi connectivity index (χ3n) is 2.12. The minimum atomic E-state index is -0.479. The van der Waals surface area contributed by atoms with Crippen LogP contribution in [0.3, 0.4) is 0 Å². The Morgan fingerprint density at radius 1 is 1.12 bits per heavy atom. The van der Waals surface area contributed by atoms with Crippen LogP contribution in [0.1, 0.15) is 5.56 Å². The summed E-state index contributed by atoms with van der Waals surface area (Å²) in [5.41, 5.74) is 0.130. The molecule has 0 atom stereocenters.